The lowest BCUT2D eigenvalue weighted by Crippen LogP contribution is -2.06. The molecule has 0 aliphatic rings. The van der Waals surface area contributed by atoms with Crippen LogP contribution >= 0.6 is 0 Å². The Morgan fingerprint density at radius 1 is 1.25 bits per heavy atom. The Labute approximate surface area is 88.5 Å². The van der Waals surface area contributed by atoms with E-state index in [9.17, 15) is 13.2 Å². The van der Waals surface area contributed by atoms with Crippen LogP contribution in [0.2, 0.25) is 0 Å². The van der Waals surface area contributed by atoms with E-state index in [0.717, 1.165) is 0 Å². The molecule has 2 N–H and O–H groups in total. The summed E-state index contributed by atoms with van der Waals surface area (Å²) < 4.78 is 38.4. The van der Waals surface area contributed by atoms with Crippen molar-refractivity contribution in [2.75, 3.05) is 5.32 Å². The zero-order valence-electron chi connectivity index (χ0n) is 7.97. The summed E-state index contributed by atoms with van der Waals surface area (Å²) in [6.45, 7) is 0.189. The highest BCUT2D eigenvalue weighted by Gasteiger charge is 2.11. The van der Waals surface area contributed by atoms with Crippen molar-refractivity contribution in [2.45, 2.75) is 6.54 Å². The molecule has 2 rings (SSSR count). The molecule has 16 heavy (non-hydrogen) atoms. The minimum atomic E-state index is -1.34. The Morgan fingerprint density at radius 2 is 2.06 bits per heavy atom. The van der Waals surface area contributed by atoms with Crippen LogP contribution in [0.5, 0.6) is 0 Å². The van der Waals surface area contributed by atoms with Crippen LogP contribution in [0.25, 0.3) is 0 Å². The first-order chi connectivity index (χ1) is 7.66. The van der Waals surface area contributed by atoms with E-state index in [2.05, 4.69) is 20.5 Å². The lowest BCUT2D eigenvalue weighted by Gasteiger charge is -2.05. The van der Waals surface area contributed by atoms with Crippen LogP contribution in [0, 0.1) is 17.6 Å². The molecule has 2 aromatic rings. The summed E-state index contributed by atoms with van der Waals surface area (Å²) in [5.74, 6) is -3.94. The van der Waals surface area contributed by atoms with Crippen molar-refractivity contribution in [1.82, 2.24) is 15.2 Å². The summed E-state index contributed by atoms with van der Waals surface area (Å²) in [6, 6.07) is 2.10. The molecule has 4 nitrogen and oxygen atoms in total. The van der Waals surface area contributed by atoms with Gasteiger partial charge in [0.15, 0.2) is 17.5 Å². The maximum absolute atomic E-state index is 13.1. The molecular weight excluding hydrogens is 221 g/mol. The van der Waals surface area contributed by atoms with Gasteiger partial charge in [0.05, 0.1) is 12.2 Å². The Hall–Kier alpha value is -2.05. The van der Waals surface area contributed by atoms with Gasteiger partial charge >= 0.3 is 0 Å². The summed E-state index contributed by atoms with van der Waals surface area (Å²) >= 11 is 0. The molecule has 0 saturated heterocycles. The molecule has 0 saturated carbocycles. The van der Waals surface area contributed by atoms with Gasteiger partial charge in [-0.2, -0.15) is 14.5 Å². The predicted octanol–water partition coefficient (Wildman–Crippen LogP) is 1.83. The van der Waals surface area contributed by atoms with E-state index in [1.54, 1.807) is 6.07 Å². The van der Waals surface area contributed by atoms with E-state index in [4.69, 9.17) is 0 Å². The topological polar surface area (TPSA) is 53.6 Å². The summed E-state index contributed by atoms with van der Waals surface area (Å²) in [7, 11) is 0. The molecule has 0 aromatic carbocycles. The van der Waals surface area contributed by atoms with Crippen LogP contribution in [-0.2, 0) is 6.54 Å². The first-order valence-electron chi connectivity index (χ1n) is 4.40. The van der Waals surface area contributed by atoms with Crippen molar-refractivity contribution in [2.24, 2.45) is 0 Å². The van der Waals surface area contributed by atoms with Crippen LogP contribution < -0.4 is 5.32 Å². The van der Waals surface area contributed by atoms with Gasteiger partial charge in [-0.1, -0.05) is 0 Å². The van der Waals surface area contributed by atoms with Crippen LogP contribution in [0.15, 0.2) is 18.3 Å². The normalized spacial score (nSPS) is 10.4. The Morgan fingerprint density at radius 3 is 2.75 bits per heavy atom. The second kappa shape index (κ2) is 4.21. The van der Waals surface area contributed by atoms with Crippen molar-refractivity contribution < 1.29 is 13.2 Å². The SMILES string of the molecule is Fc1cc(F)c(NCc2ccn[nH]2)nc1F. The van der Waals surface area contributed by atoms with Gasteiger partial charge in [0.2, 0.25) is 0 Å². The third-order valence-electron chi connectivity index (χ3n) is 1.89. The third-order valence-corrected chi connectivity index (χ3v) is 1.89. The van der Waals surface area contributed by atoms with Crippen LogP contribution in [0.3, 0.4) is 0 Å². The van der Waals surface area contributed by atoms with E-state index in [1.807, 2.05) is 0 Å². The van der Waals surface area contributed by atoms with Gasteiger partial charge in [-0.15, -0.1) is 0 Å². The minimum absolute atomic E-state index is 0.189. The highest BCUT2D eigenvalue weighted by atomic mass is 19.2. The molecule has 2 aromatic heterocycles. The number of nitrogens with one attached hydrogen (secondary N) is 2. The lowest BCUT2D eigenvalue weighted by molar-refractivity contribution is 0.466. The second-order valence-electron chi connectivity index (χ2n) is 3.03. The van der Waals surface area contributed by atoms with E-state index in [1.165, 1.54) is 6.20 Å². The highest BCUT2D eigenvalue weighted by Crippen LogP contribution is 2.14. The quantitative estimate of drug-likeness (QED) is 0.788. The largest absolute Gasteiger partial charge is 0.362 e. The number of halogens is 3. The fourth-order valence-electron chi connectivity index (χ4n) is 1.13. The monoisotopic (exact) mass is 228 g/mol. The molecule has 7 heteroatoms. The highest BCUT2D eigenvalue weighted by molar-refractivity contribution is 5.36. The van der Waals surface area contributed by atoms with Gasteiger partial charge in [-0.25, -0.2) is 8.78 Å². The number of pyridine rings is 1. The molecule has 0 fully saturated rings. The Kier molecular flexibility index (Phi) is 2.76. The molecule has 84 valence electrons. The number of H-pyrrole nitrogens is 1. The van der Waals surface area contributed by atoms with Gasteiger partial charge < -0.3 is 5.32 Å². The fraction of sp³-hybridized carbons (Fsp3) is 0.111. The van der Waals surface area contributed by atoms with Gasteiger partial charge in [-0.05, 0) is 6.07 Å². The molecule has 0 spiro atoms. The molecule has 0 aliphatic carbocycles. The molecule has 0 radical (unpaired) electrons. The van der Waals surface area contributed by atoms with Crippen molar-refractivity contribution in [3.63, 3.8) is 0 Å². The van der Waals surface area contributed by atoms with Gasteiger partial charge in [0.25, 0.3) is 5.95 Å². The molecule has 2 heterocycles. The summed E-state index contributed by atoms with van der Waals surface area (Å²) in [5, 5.41) is 8.82. The zero-order valence-corrected chi connectivity index (χ0v) is 7.97. The number of aromatic nitrogens is 3. The summed E-state index contributed by atoms with van der Waals surface area (Å²) in [4.78, 5) is 3.11. The van der Waals surface area contributed by atoms with Gasteiger partial charge in [0.1, 0.15) is 0 Å². The van der Waals surface area contributed by atoms with E-state index in [0.29, 0.717) is 11.8 Å². The van der Waals surface area contributed by atoms with Crippen LogP contribution in [0.4, 0.5) is 19.0 Å². The average Bonchev–Trinajstić information content (AvgIpc) is 2.74. The maximum atomic E-state index is 13.1. The van der Waals surface area contributed by atoms with Crippen molar-refractivity contribution in [3.05, 3.63) is 41.6 Å². The Balaban J connectivity index is 2.12. The number of anilines is 1. The zero-order chi connectivity index (χ0) is 11.5. The molecule has 0 aliphatic heterocycles. The molecule has 0 atom stereocenters. The van der Waals surface area contributed by atoms with Crippen molar-refractivity contribution in [1.29, 1.82) is 0 Å². The van der Waals surface area contributed by atoms with Crippen LogP contribution in [-0.4, -0.2) is 15.2 Å². The lowest BCUT2D eigenvalue weighted by atomic mass is 10.4. The van der Waals surface area contributed by atoms with E-state index in [-0.39, 0.29) is 12.4 Å². The van der Waals surface area contributed by atoms with Gasteiger partial charge in [0, 0.05) is 12.3 Å². The Bertz CT molecular complexity index is 484. The summed E-state index contributed by atoms with van der Waals surface area (Å²) in [5.41, 5.74) is 0.672. The van der Waals surface area contributed by atoms with Gasteiger partial charge in [-0.3, -0.25) is 5.10 Å². The first kappa shape index (κ1) is 10.5. The third kappa shape index (κ3) is 2.13. The van der Waals surface area contributed by atoms with Crippen molar-refractivity contribution in [3.8, 4) is 0 Å². The number of rotatable bonds is 3. The van der Waals surface area contributed by atoms with E-state index < -0.39 is 17.6 Å². The molecule has 0 amide bonds. The maximum Gasteiger partial charge on any atom is 0.251 e. The number of aromatic amines is 1. The number of hydrogen-bond acceptors (Lipinski definition) is 3. The molecule has 0 bridgehead atoms. The summed E-state index contributed by atoms with van der Waals surface area (Å²) in [6.07, 6.45) is 1.52. The van der Waals surface area contributed by atoms with Crippen LogP contribution in [0.1, 0.15) is 5.69 Å². The smallest absolute Gasteiger partial charge is 0.251 e. The second-order valence-corrected chi connectivity index (χ2v) is 3.03. The fourth-order valence-corrected chi connectivity index (χ4v) is 1.13. The van der Waals surface area contributed by atoms with E-state index >= 15 is 0 Å². The number of nitrogens with zero attached hydrogens (tertiary/aromatic N) is 2. The predicted molar refractivity (Wildman–Crippen MR) is 50.0 cm³/mol. The van der Waals surface area contributed by atoms with Crippen molar-refractivity contribution >= 4 is 5.82 Å². The minimum Gasteiger partial charge on any atom is -0.362 e. The molecular formula is C9H7F3N4. The number of hydrogen-bond donors (Lipinski definition) is 2. The standard InChI is InChI=1S/C9H7F3N4/c10-6-3-7(11)9(15-8(6)12)13-4-5-1-2-14-16-5/h1-3H,4H2,(H,13,15)(H,14,16). The average molecular weight is 228 g/mol. The first-order valence-corrected chi connectivity index (χ1v) is 4.40. The molecule has 0 unspecified atom stereocenters.